The number of aromatic nitrogens is 1. The first-order valence-corrected chi connectivity index (χ1v) is 11.2. The number of benzene rings is 2. The highest BCUT2D eigenvalue weighted by Gasteiger charge is 2.15. The maximum absolute atomic E-state index is 12.4. The Hall–Kier alpha value is -3.23. The molecule has 2 heterocycles. The number of sulfonamides is 1. The highest BCUT2D eigenvalue weighted by Crippen LogP contribution is 2.22. The number of anilines is 2. The molecule has 0 fully saturated rings. The second-order valence-electron chi connectivity index (χ2n) is 6.34. The third-order valence-corrected chi connectivity index (χ3v) is 7.02. The lowest BCUT2D eigenvalue weighted by atomic mass is 10.1. The summed E-state index contributed by atoms with van der Waals surface area (Å²) in [5, 5.41) is 5.55. The molecule has 2 N–H and O–H groups in total. The van der Waals surface area contributed by atoms with Crippen molar-refractivity contribution >= 4 is 49.5 Å². The third-order valence-electron chi connectivity index (χ3n) is 4.24. The van der Waals surface area contributed by atoms with Gasteiger partial charge in [0.05, 0.1) is 17.6 Å². The fourth-order valence-electron chi connectivity index (χ4n) is 2.90. The summed E-state index contributed by atoms with van der Waals surface area (Å²) in [6.07, 6.45) is 1.86. The van der Waals surface area contributed by atoms with E-state index < -0.39 is 10.0 Å². The summed E-state index contributed by atoms with van der Waals surface area (Å²) >= 11 is 1.15. The summed E-state index contributed by atoms with van der Waals surface area (Å²) in [5.41, 5.74) is 2.62. The van der Waals surface area contributed by atoms with E-state index in [9.17, 15) is 13.2 Å². The molecule has 0 saturated heterocycles. The van der Waals surface area contributed by atoms with Crippen LogP contribution in [0.2, 0.25) is 0 Å². The number of pyridine rings is 1. The zero-order valence-electron chi connectivity index (χ0n) is 15.2. The number of nitrogens with zero attached hydrogens (tertiary/aromatic N) is 1. The van der Waals surface area contributed by atoms with Gasteiger partial charge in [0.1, 0.15) is 4.21 Å². The van der Waals surface area contributed by atoms with Gasteiger partial charge < -0.3 is 5.32 Å². The van der Waals surface area contributed by atoms with Crippen molar-refractivity contribution in [3.8, 4) is 0 Å². The number of hydrogen-bond donors (Lipinski definition) is 2. The average Bonchev–Trinajstić information content (AvgIpc) is 3.26. The molecule has 2 aromatic heterocycles. The van der Waals surface area contributed by atoms with Gasteiger partial charge in [0, 0.05) is 17.3 Å². The summed E-state index contributed by atoms with van der Waals surface area (Å²) in [7, 11) is -3.59. The zero-order chi connectivity index (χ0) is 20.3. The second kappa shape index (κ2) is 8.02. The zero-order valence-corrected chi connectivity index (χ0v) is 16.8. The number of carbonyl (C=O) groups is 1. The van der Waals surface area contributed by atoms with E-state index in [-0.39, 0.29) is 16.5 Å². The molecule has 0 radical (unpaired) electrons. The van der Waals surface area contributed by atoms with Crippen LogP contribution in [0.1, 0.15) is 5.56 Å². The molecule has 0 aliphatic heterocycles. The largest absolute Gasteiger partial charge is 0.324 e. The minimum Gasteiger partial charge on any atom is -0.324 e. The van der Waals surface area contributed by atoms with Crippen LogP contribution in [0.25, 0.3) is 10.9 Å². The molecule has 0 aliphatic carbocycles. The van der Waals surface area contributed by atoms with Crippen LogP contribution in [0.15, 0.2) is 82.5 Å². The number of fused-ring (bicyclic) bond motifs is 1. The molecule has 0 bridgehead atoms. The van der Waals surface area contributed by atoms with Gasteiger partial charge in [-0.1, -0.05) is 36.4 Å². The van der Waals surface area contributed by atoms with Crippen LogP contribution in [-0.2, 0) is 21.2 Å². The first-order chi connectivity index (χ1) is 14.0. The lowest BCUT2D eigenvalue weighted by Gasteiger charge is -2.09. The van der Waals surface area contributed by atoms with Gasteiger partial charge in [-0.25, -0.2) is 8.42 Å². The normalized spacial score (nSPS) is 11.3. The Morgan fingerprint density at radius 1 is 0.966 bits per heavy atom. The number of hydrogen-bond acceptors (Lipinski definition) is 5. The van der Waals surface area contributed by atoms with Gasteiger partial charge in [0.15, 0.2) is 0 Å². The highest BCUT2D eigenvalue weighted by molar-refractivity contribution is 7.94. The number of amides is 1. The van der Waals surface area contributed by atoms with Crippen LogP contribution in [0, 0.1) is 0 Å². The Morgan fingerprint density at radius 2 is 1.76 bits per heavy atom. The molecule has 0 atom stereocenters. The van der Waals surface area contributed by atoms with E-state index in [1.165, 1.54) is 0 Å². The van der Waals surface area contributed by atoms with E-state index >= 15 is 0 Å². The molecule has 4 aromatic rings. The molecule has 146 valence electrons. The van der Waals surface area contributed by atoms with Gasteiger partial charge in [-0.05, 0) is 41.3 Å². The van der Waals surface area contributed by atoms with Crippen molar-refractivity contribution in [1.29, 1.82) is 0 Å². The van der Waals surface area contributed by atoms with Crippen molar-refractivity contribution in [2.24, 2.45) is 0 Å². The predicted molar refractivity (Wildman–Crippen MR) is 116 cm³/mol. The number of carbonyl (C=O) groups excluding carboxylic acids is 1. The summed E-state index contributed by atoms with van der Waals surface area (Å²) < 4.78 is 27.3. The first-order valence-electron chi connectivity index (χ1n) is 8.80. The molecular weight excluding hydrogens is 406 g/mol. The molecule has 2 aromatic carbocycles. The van der Waals surface area contributed by atoms with E-state index in [1.807, 2.05) is 30.3 Å². The molecule has 8 heteroatoms. The summed E-state index contributed by atoms with van der Waals surface area (Å²) in [4.78, 5) is 16.8. The first kappa shape index (κ1) is 19.1. The molecule has 29 heavy (non-hydrogen) atoms. The molecule has 4 rings (SSSR count). The standard InChI is InChI=1S/C21H17N3O3S2/c25-19(23-18-6-1-4-16-5-2-12-22-21(16)18)14-15-8-10-17(11-9-15)24-29(26,27)20-7-3-13-28-20/h1-13,24H,14H2,(H,23,25). The van der Waals surface area contributed by atoms with Gasteiger partial charge in [-0.3, -0.25) is 14.5 Å². The number of para-hydroxylation sites is 1. The van der Waals surface area contributed by atoms with Crippen LogP contribution < -0.4 is 10.0 Å². The number of thiophene rings is 1. The quantitative estimate of drug-likeness (QED) is 0.485. The van der Waals surface area contributed by atoms with E-state index in [0.717, 1.165) is 27.8 Å². The number of rotatable bonds is 6. The Morgan fingerprint density at radius 3 is 2.52 bits per heavy atom. The Balaban J connectivity index is 1.43. The molecule has 0 saturated carbocycles. The van der Waals surface area contributed by atoms with Crippen LogP contribution in [0.3, 0.4) is 0 Å². The average molecular weight is 424 g/mol. The fraction of sp³-hybridized carbons (Fsp3) is 0.0476. The number of nitrogens with one attached hydrogen (secondary N) is 2. The Labute approximate surface area is 172 Å². The van der Waals surface area contributed by atoms with Crippen LogP contribution in [-0.4, -0.2) is 19.3 Å². The lowest BCUT2D eigenvalue weighted by Crippen LogP contribution is -2.15. The molecule has 0 aliphatic rings. The van der Waals surface area contributed by atoms with E-state index in [1.54, 1.807) is 48.0 Å². The van der Waals surface area contributed by atoms with E-state index in [0.29, 0.717) is 11.4 Å². The minimum atomic E-state index is -3.59. The summed E-state index contributed by atoms with van der Waals surface area (Å²) in [5.74, 6) is -0.171. The van der Waals surface area contributed by atoms with Gasteiger partial charge in [-0.15, -0.1) is 11.3 Å². The Bertz CT molecular complexity index is 1250. The van der Waals surface area contributed by atoms with Crippen molar-refractivity contribution in [3.63, 3.8) is 0 Å². The molecular formula is C21H17N3O3S2. The molecule has 1 amide bonds. The van der Waals surface area contributed by atoms with Gasteiger partial charge in [-0.2, -0.15) is 0 Å². The van der Waals surface area contributed by atoms with Gasteiger partial charge >= 0.3 is 0 Å². The van der Waals surface area contributed by atoms with Crippen molar-refractivity contribution in [1.82, 2.24) is 4.98 Å². The maximum Gasteiger partial charge on any atom is 0.271 e. The monoisotopic (exact) mass is 423 g/mol. The third kappa shape index (κ3) is 4.44. The Kier molecular flexibility index (Phi) is 5.28. The second-order valence-corrected chi connectivity index (χ2v) is 9.20. The summed E-state index contributed by atoms with van der Waals surface area (Å²) in [6, 6.07) is 19.4. The molecule has 6 nitrogen and oxygen atoms in total. The van der Waals surface area contributed by atoms with E-state index in [4.69, 9.17) is 0 Å². The van der Waals surface area contributed by atoms with Crippen molar-refractivity contribution in [3.05, 3.63) is 83.9 Å². The van der Waals surface area contributed by atoms with Gasteiger partial charge in [0.2, 0.25) is 5.91 Å². The SMILES string of the molecule is O=C(Cc1ccc(NS(=O)(=O)c2cccs2)cc1)Nc1cccc2cccnc12. The topological polar surface area (TPSA) is 88.2 Å². The predicted octanol–water partition coefficient (Wildman–Crippen LogP) is 4.28. The van der Waals surface area contributed by atoms with Crippen molar-refractivity contribution in [2.45, 2.75) is 10.6 Å². The minimum absolute atomic E-state index is 0.168. The molecule has 0 unspecified atom stereocenters. The van der Waals surface area contributed by atoms with Gasteiger partial charge in [0.25, 0.3) is 10.0 Å². The van der Waals surface area contributed by atoms with Crippen LogP contribution >= 0.6 is 11.3 Å². The maximum atomic E-state index is 12.4. The smallest absolute Gasteiger partial charge is 0.271 e. The van der Waals surface area contributed by atoms with Crippen molar-refractivity contribution in [2.75, 3.05) is 10.0 Å². The van der Waals surface area contributed by atoms with Crippen LogP contribution in [0.4, 0.5) is 11.4 Å². The summed E-state index contributed by atoms with van der Waals surface area (Å²) in [6.45, 7) is 0. The highest BCUT2D eigenvalue weighted by atomic mass is 32.2. The van der Waals surface area contributed by atoms with Crippen molar-refractivity contribution < 1.29 is 13.2 Å². The van der Waals surface area contributed by atoms with Crippen LogP contribution in [0.5, 0.6) is 0 Å². The van der Waals surface area contributed by atoms with E-state index in [2.05, 4.69) is 15.0 Å². The fourth-order valence-corrected chi connectivity index (χ4v) is 4.95. The molecule has 0 spiro atoms. The lowest BCUT2D eigenvalue weighted by molar-refractivity contribution is -0.115.